The second-order valence-electron chi connectivity index (χ2n) is 3.43. The Labute approximate surface area is 101 Å². The molecule has 1 heterocycles. The summed E-state index contributed by atoms with van der Waals surface area (Å²) in [6, 6.07) is 7.34. The summed E-state index contributed by atoms with van der Waals surface area (Å²) in [7, 11) is 1.15. The van der Waals surface area contributed by atoms with Crippen LogP contribution < -0.4 is 0 Å². The van der Waals surface area contributed by atoms with Crippen LogP contribution in [0.25, 0.3) is 10.2 Å². The van der Waals surface area contributed by atoms with E-state index in [4.69, 9.17) is 0 Å². The van der Waals surface area contributed by atoms with Crippen LogP contribution in [0.2, 0.25) is 0 Å². The molecule has 6 heteroatoms. The van der Waals surface area contributed by atoms with E-state index in [1.54, 1.807) is 6.07 Å². The van der Waals surface area contributed by atoms with E-state index in [1.165, 1.54) is 11.3 Å². The molecule has 2 rings (SSSR count). The van der Waals surface area contributed by atoms with Gasteiger partial charge in [-0.25, -0.2) is 9.78 Å². The number of rotatable bonds is 3. The van der Waals surface area contributed by atoms with Gasteiger partial charge in [0, 0.05) is 0 Å². The van der Waals surface area contributed by atoms with Gasteiger partial charge >= 0.3 is 5.97 Å². The summed E-state index contributed by atoms with van der Waals surface area (Å²) in [4.78, 5) is 15.2. The number of aliphatic hydroxyl groups is 2. The lowest BCUT2D eigenvalue weighted by atomic mass is 10.2. The van der Waals surface area contributed by atoms with E-state index in [9.17, 15) is 15.0 Å². The van der Waals surface area contributed by atoms with E-state index >= 15 is 0 Å². The van der Waals surface area contributed by atoms with Crippen LogP contribution in [0.3, 0.4) is 0 Å². The highest BCUT2D eigenvalue weighted by atomic mass is 32.1. The number of ether oxygens (including phenoxy) is 1. The van der Waals surface area contributed by atoms with Crippen molar-refractivity contribution in [1.82, 2.24) is 4.98 Å². The molecule has 90 valence electrons. The number of carbonyl (C=O) groups is 1. The van der Waals surface area contributed by atoms with E-state index in [0.29, 0.717) is 5.01 Å². The zero-order valence-corrected chi connectivity index (χ0v) is 9.85. The first-order chi connectivity index (χ1) is 8.13. The molecule has 2 aromatic rings. The third-order valence-electron chi connectivity index (χ3n) is 2.31. The smallest absolute Gasteiger partial charge is 0.337 e. The van der Waals surface area contributed by atoms with E-state index in [2.05, 4.69) is 9.72 Å². The number of hydrogen-bond acceptors (Lipinski definition) is 6. The van der Waals surface area contributed by atoms with Crippen LogP contribution in [0.4, 0.5) is 0 Å². The minimum absolute atomic E-state index is 0.295. The Bertz CT molecular complexity index is 506. The van der Waals surface area contributed by atoms with Crippen molar-refractivity contribution in [1.29, 1.82) is 0 Å². The second kappa shape index (κ2) is 4.79. The zero-order chi connectivity index (χ0) is 12.4. The molecule has 5 nitrogen and oxygen atoms in total. The SMILES string of the molecule is COC(=O)[C@@H](O)[C@@H](O)c1nc2ccccc2s1. The molecule has 1 aromatic heterocycles. The Morgan fingerprint density at radius 2 is 2.12 bits per heavy atom. The summed E-state index contributed by atoms with van der Waals surface area (Å²) >= 11 is 1.23. The molecule has 0 saturated carbocycles. The van der Waals surface area contributed by atoms with Crippen LogP contribution in [-0.4, -0.2) is 34.4 Å². The summed E-state index contributed by atoms with van der Waals surface area (Å²) in [5, 5.41) is 19.6. The first kappa shape index (κ1) is 12.0. The monoisotopic (exact) mass is 253 g/mol. The van der Waals surface area contributed by atoms with Gasteiger partial charge in [-0.15, -0.1) is 11.3 Å². The Kier molecular flexibility index (Phi) is 3.37. The summed E-state index contributed by atoms with van der Waals surface area (Å²) in [5.41, 5.74) is 0.726. The predicted molar refractivity (Wildman–Crippen MR) is 62.6 cm³/mol. The third kappa shape index (κ3) is 2.28. The van der Waals surface area contributed by atoms with Crippen molar-refractivity contribution >= 4 is 27.5 Å². The number of esters is 1. The Morgan fingerprint density at radius 3 is 2.76 bits per heavy atom. The number of methoxy groups -OCH3 is 1. The van der Waals surface area contributed by atoms with Gasteiger partial charge in [0.25, 0.3) is 0 Å². The lowest BCUT2D eigenvalue weighted by Gasteiger charge is -2.12. The van der Waals surface area contributed by atoms with Gasteiger partial charge in [-0.2, -0.15) is 0 Å². The molecule has 0 fully saturated rings. The van der Waals surface area contributed by atoms with E-state index in [0.717, 1.165) is 17.3 Å². The standard InChI is InChI=1S/C11H11NO4S/c1-16-11(15)9(14)8(13)10-12-6-4-2-3-5-7(6)17-10/h2-5,8-9,13-14H,1H3/t8-,9+/m1/s1. The molecule has 0 saturated heterocycles. The minimum atomic E-state index is -1.61. The first-order valence-electron chi connectivity index (χ1n) is 4.93. The highest BCUT2D eigenvalue weighted by Crippen LogP contribution is 2.28. The normalized spacial score (nSPS) is 14.5. The lowest BCUT2D eigenvalue weighted by Crippen LogP contribution is -2.28. The van der Waals surface area contributed by atoms with Gasteiger partial charge in [-0.3, -0.25) is 0 Å². The van der Waals surface area contributed by atoms with E-state index in [-0.39, 0.29) is 0 Å². The van der Waals surface area contributed by atoms with Gasteiger partial charge < -0.3 is 14.9 Å². The van der Waals surface area contributed by atoms with Crippen molar-refractivity contribution in [3.63, 3.8) is 0 Å². The molecule has 0 aliphatic carbocycles. The zero-order valence-electron chi connectivity index (χ0n) is 9.03. The number of fused-ring (bicyclic) bond motifs is 1. The molecule has 0 unspecified atom stereocenters. The van der Waals surface area contributed by atoms with E-state index in [1.807, 2.05) is 18.2 Å². The molecule has 0 bridgehead atoms. The van der Waals surface area contributed by atoms with Crippen LogP contribution in [0.5, 0.6) is 0 Å². The Morgan fingerprint density at radius 1 is 1.41 bits per heavy atom. The number of thiazole rings is 1. The summed E-state index contributed by atoms with van der Waals surface area (Å²) in [5.74, 6) is -0.878. The van der Waals surface area contributed by atoms with Crippen LogP contribution >= 0.6 is 11.3 Å². The van der Waals surface area contributed by atoms with Crippen LogP contribution in [0.1, 0.15) is 11.1 Å². The molecular formula is C11H11NO4S. The highest BCUT2D eigenvalue weighted by Gasteiger charge is 2.28. The molecule has 0 amide bonds. The van der Waals surface area contributed by atoms with Gasteiger partial charge in [0.05, 0.1) is 17.3 Å². The molecule has 2 N–H and O–H groups in total. The quantitative estimate of drug-likeness (QED) is 0.793. The number of aromatic nitrogens is 1. The van der Waals surface area contributed by atoms with Crippen LogP contribution in [0, 0.1) is 0 Å². The number of carbonyl (C=O) groups excluding carboxylic acids is 1. The molecule has 0 spiro atoms. The fraction of sp³-hybridized carbons (Fsp3) is 0.273. The van der Waals surface area contributed by atoms with Gasteiger partial charge in [0.2, 0.25) is 0 Å². The van der Waals surface area contributed by atoms with Crippen molar-refractivity contribution in [2.75, 3.05) is 7.11 Å². The maximum atomic E-state index is 11.1. The molecule has 2 atom stereocenters. The molecular weight excluding hydrogens is 242 g/mol. The van der Waals surface area contributed by atoms with Crippen molar-refractivity contribution in [2.45, 2.75) is 12.2 Å². The molecule has 0 aliphatic heterocycles. The fourth-order valence-electron chi connectivity index (χ4n) is 1.40. The topological polar surface area (TPSA) is 79.7 Å². The number of para-hydroxylation sites is 1. The van der Waals surface area contributed by atoms with Crippen molar-refractivity contribution < 1.29 is 19.7 Å². The molecule has 0 aliphatic rings. The number of hydrogen-bond donors (Lipinski definition) is 2. The van der Waals surface area contributed by atoms with Gasteiger partial charge in [-0.05, 0) is 12.1 Å². The first-order valence-corrected chi connectivity index (χ1v) is 5.74. The average Bonchev–Trinajstić information content (AvgIpc) is 2.79. The summed E-state index contributed by atoms with van der Waals surface area (Å²) < 4.78 is 5.24. The number of aliphatic hydroxyl groups excluding tert-OH is 2. The van der Waals surface area contributed by atoms with Gasteiger partial charge in [-0.1, -0.05) is 12.1 Å². The summed E-state index contributed by atoms with van der Waals surface area (Å²) in [6.07, 6.45) is -2.97. The minimum Gasteiger partial charge on any atom is -0.467 e. The van der Waals surface area contributed by atoms with Crippen LogP contribution in [-0.2, 0) is 9.53 Å². The highest BCUT2D eigenvalue weighted by molar-refractivity contribution is 7.18. The van der Waals surface area contributed by atoms with Crippen LogP contribution in [0.15, 0.2) is 24.3 Å². The lowest BCUT2D eigenvalue weighted by molar-refractivity contribution is -0.156. The predicted octanol–water partition coefficient (Wildman–Crippen LogP) is 0.864. The van der Waals surface area contributed by atoms with E-state index < -0.39 is 18.2 Å². The average molecular weight is 253 g/mol. The maximum absolute atomic E-state index is 11.1. The van der Waals surface area contributed by atoms with Crippen molar-refractivity contribution in [3.05, 3.63) is 29.3 Å². The van der Waals surface area contributed by atoms with Gasteiger partial charge in [0.15, 0.2) is 6.10 Å². The Hall–Kier alpha value is -1.50. The fourth-order valence-corrected chi connectivity index (χ4v) is 2.39. The van der Waals surface area contributed by atoms with Crippen molar-refractivity contribution in [3.8, 4) is 0 Å². The molecule has 17 heavy (non-hydrogen) atoms. The second-order valence-corrected chi connectivity index (χ2v) is 4.49. The maximum Gasteiger partial charge on any atom is 0.337 e. The molecule has 1 aromatic carbocycles. The molecule has 0 radical (unpaired) electrons. The third-order valence-corrected chi connectivity index (χ3v) is 3.41. The number of benzene rings is 1. The Balaban J connectivity index is 2.30. The summed E-state index contributed by atoms with van der Waals surface area (Å²) in [6.45, 7) is 0. The largest absolute Gasteiger partial charge is 0.467 e. The number of nitrogens with zero attached hydrogens (tertiary/aromatic N) is 1. The van der Waals surface area contributed by atoms with Crippen molar-refractivity contribution in [2.24, 2.45) is 0 Å². The van der Waals surface area contributed by atoms with Gasteiger partial charge in [0.1, 0.15) is 11.1 Å².